The van der Waals surface area contributed by atoms with Gasteiger partial charge in [0.15, 0.2) is 5.96 Å². The molecule has 206 valence electrons. The molecule has 1 saturated heterocycles. The molecule has 1 N–H and O–H groups in total. The highest BCUT2D eigenvalue weighted by atomic mass is 32.2. The average molecular weight is 566 g/mol. The molecule has 0 aromatic heterocycles. The molecular weight excluding hydrogens is 530 g/mol. The Balaban J connectivity index is 1.43. The molecule has 0 saturated carbocycles. The summed E-state index contributed by atoms with van der Waals surface area (Å²) in [6.45, 7) is 1.84. The minimum atomic E-state index is -3.49. The van der Waals surface area contributed by atoms with Crippen molar-refractivity contribution < 1.29 is 17.3 Å². The SMILES string of the molecule is COc1ccc(C(SC[C@H]2CCN3CC[C@H](COS(C)(=O)=O)N=C3N2)(c2ccccc2)c2ccccc2)cc1. The number of ether oxygens (including phenoxy) is 1. The Morgan fingerprint density at radius 1 is 0.923 bits per heavy atom. The molecule has 0 spiro atoms. The summed E-state index contributed by atoms with van der Waals surface area (Å²) >= 11 is 1.92. The smallest absolute Gasteiger partial charge is 0.264 e. The van der Waals surface area contributed by atoms with Gasteiger partial charge in [-0.2, -0.15) is 8.42 Å². The number of thioether (sulfide) groups is 1. The molecule has 5 rings (SSSR count). The number of aliphatic imine (C=N–C) groups is 1. The number of benzene rings is 3. The van der Waals surface area contributed by atoms with Gasteiger partial charge in [-0.1, -0.05) is 72.8 Å². The van der Waals surface area contributed by atoms with E-state index in [1.807, 2.05) is 23.9 Å². The third-order valence-corrected chi connectivity index (χ3v) is 9.52. The van der Waals surface area contributed by atoms with Crippen molar-refractivity contribution in [3.8, 4) is 5.75 Å². The van der Waals surface area contributed by atoms with Gasteiger partial charge in [-0.25, -0.2) is 4.99 Å². The van der Waals surface area contributed by atoms with E-state index in [0.717, 1.165) is 49.6 Å². The van der Waals surface area contributed by atoms with E-state index in [0.29, 0.717) is 0 Å². The van der Waals surface area contributed by atoms with Gasteiger partial charge < -0.3 is 15.0 Å². The summed E-state index contributed by atoms with van der Waals surface area (Å²) in [5.74, 6) is 2.53. The summed E-state index contributed by atoms with van der Waals surface area (Å²) in [5.41, 5.74) is 3.63. The predicted molar refractivity (Wildman–Crippen MR) is 158 cm³/mol. The number of hydrogen-bond acceptors (Lipinski definition) is 8. The van der Waals surface area contributed by atoms with Crippen LogP contribution in [0.1, 0.15) is 29.5 Å². The van der Waals surface area contributed by atoms with Crippen molar-refractivity contribution in [1.82, 2.24) is 10.2 Å². The summed E-state index contributed by atoms with van der Waals surface area (Å²) in [4.78, 5) is 7.07. The van der Waals surface area contributed by atoms with Gasteiger partial charge in [-0.15, -0.1) is 11.8 Å². The average Bonchev–Trinajstić information content (AvgIpc) is 2.97. The fourth-order valence-electron chi connectivity index (χ4n) is 5.24. The molecule has 3 aromatic carbocycles. The summed E-state index contributed by atoms with van der Waals surface area (Å²) in [5, 5.41) is 3.66. The number of guanidine groups is 1. The van der Waals surface area contributed by atoms with Crippen molar-refractivity contribution in [2.45, 2.75) is 29.7 Å². The zero-order valence-electron chi connectivity index (χ0n) is 22.3. The minimum absolute atomic E-state index is 0.0832. The second-order valence-corrected chi connectivity index (χ2v) is 12.8. The van der Waals surface area contributed by atoms with Gasteiger partial charge in [0.2, 0.25) is 0 Å². The molecule has 9 heteroatoms. The van der Waals surface area contributed by atoms with Crippen LogP contribution in [0.25, 0.3) is 0 Å². The Hall–Kier alpha value is -3.01. The summed E-state index contributed by atoms with van der Waals surface area (Å²) in [6, 6.07) is 29.8. The number of fused-ring (bicyclic) bond motifs is 1. The van der Waals surface area contributed by atoms with Gasteiger partial charge in [0.25, 0.3) is 10.1 Å². The number of methoxy groups -OCH3 is 1. The molecule has 0 amide bonds. The van der Waals surface area contributed by atoms with Crippen molar-refractivity contribution in [2.75, 3.05) is 38.8 Å². The van der Waals surface area contributed by atoms with Crippen molar-refractivity contribution in [3.63, 3.8) is 0 Å². The minimum Gasteiger partial charge on any atom is -0.497 e. The Morgan fingerprint density at radius 3 is 2.10 bits per heavy atom. The molecule has 2 aliphatic rings. The van der Waals surface area contributed by atoms with E-state index < -0.39 is 14.9 Å². The Labute approximate surface area is 235 Å². The highest BCUT2D eigenvalue weighted by Crippen LogP contribution is 2.49. The third-order valence-electron chi connectivity index (χ3n) is 7.25. The van der Waals surface area contributed by atoms with E-state index in [2.05, 4.69) is 83.0 Å². The Morgan fingerprint density at radius 2 is 1.51 bits per heavy atom. The lowest BCUT2D eigenvalue weighted by molar-refractivity contribution is 0.246. The van der Waals surface area contributed by atoms with Gasteiger partial charge in [-0.05, 0) is 41.7 Å². The molecule has 2 atom stereocenters. The van der Waals surface area contributed by atoms with Crippen LogP contribution in [0.3, 0.4) is 0 Å². The summed E-state index contributed by atoms with van der Waals surface area (Å²) in [7, 11) is -1.80. The second kappa shape index (κ2) is 12.0. The lowest BCUT2D eigenvalue weighted by Gasteiger charge is -2.41. The van der Waals surface area contributed by atoms with Crippen molar-refractivity contribution in [3.05, 3.63) is 102 Å². The zero-order chi connectivity index (χ0) is 27.3. The first kappa shape index (κ1) is 27.6. The van der Waals surface area contributed by atoms with Crippen LogP contribution in [0.5, 0.6) is 5.75 Å². The normalized spacial score (nSPS) is 19.5. The lowest BCUT2D eigenvalue weighted by Crippen LogP contribution is -2.56. The van der Waals surface area contributed by atoms with Crippen LogP contribution in [-0.4, -0.2) is 70.2 Å². The van der Waals surface area contributed by atoms with Gasteiger partial charge >= 0.3 is 0 Å². The third kappa shape index (κ3) is 6.42. The molecule has 39 heavy (non-hydrogen) atoms. The van der Waals surface area contributed by atoms with Crippen LogP contribution >= 0.6 is 11.8 Å². The van der Waals surface area contributed by atoms with Crippen LogP contribution in [0.15, 0.2) is 89.9 Å². The molecular formula is C30H35N3O4S2. The van der Waals surface area contributed by atoms with Crippen molar-refractivity contribution >= 4 is 27.8 Å². The fraction of sp³-hybridized carbons (Fsp3) is 0.367. The van der Waals surface area contributed by atoms with Crippen molar-refractivity contribution in [1.29, 1.82) is 0 Å². The van der Waals surface area contributed by atoms with E-state index in [1.54, 1.807) is 7.11 Å². The van der Waals surface area contributed by atoms with Crippen molar-refractivity contribution in [2.24, 2.45) is 4.99 Å². The fourth-order valence-corrected chi connectivity index (χ4v) is 7.25. The van der Waals surface area contributed by atoms with E-state index >= 15 is 0 Å². The zero-order valence-corrected chi connectivity index (χ0v) is 24.0. The van der Waals surface area contributed by atoms with Gasteiger partial charge in [0.1, 0.15) is 5.75 Å². The maximum absolute atomic E-state index is 11.5. The first-order valence-electron chi connectivity index (χ1n) is 13.2. The number of nitrogens with zero attached hydrogens (tertiary/aromatic N) is 2. The lowest BCUT2D eigenvalue weighted by atomic mass is 9.84. The summed E-state index contributed by atoms with van der Waals surface area (Å²) < 4.78 is 33.0. The monoisotopic (exact) mass is 565 g/mol. The van der Waals surface area contributed by atoms with Crippen LogP contribution in [0.2, 0.25) is 0 Å². The van der Waals surface area contributed by atoms with E-state index in [-0.39, 0.29) is 18.7 Å². The highest BCUT2D eigenvalue weighted by Gasteiger charge is 2.38. The van der Waals surface area contributed by atoms with E-state index in [4.69, 9.17) is 13.9 Å². The first-order valence-corrected chi connectivity index (χ1v) is 16.0. The highest BCUT2D eigenvalue weighted by molar-refractivity contribution is 8.00. The quantitative estimate of drug-likeness (QED) is 0.287. The van der Waals surface area contributed by atoms with Gasteiger partial charge in [0.05, 0.1) is 30.8 Å². The van der Waals surface area contributed by atoms with Crippen LogP contribution in [-0.2, 0) is 19.0 Å². The first-order chi connectivity index (χ1) is 18.9. The molecule has 1 fully saturated rings. The Bertz CT molecular complexity index is 1330. The number of nitrogens with one attached hydrogen (secondary N) is 1. The molecule has 2 aliphatic heterocycles. The van der Waals surface area contributed by atoms with Crippen LogP contribution in [0.4, 0.5) is 0 Å². The van der Waals surface area contributed by atoms with Crippen LogP contribution < -0.4 is 10.1 Å². The molecule has 3 aromatic rings. The second-order valence-electron chi connectivity index (χ2n) is 9.95. The number of hydrogen-bond donors (Lipinski definition) is 1. The Kier molecular flexibility index (Phi) is 8.49. The maximum atomic E-state index is 11.5. The molecule has 0 unspecified atom stereocenters. The van der Waals surface area contributed by atoms with Gasteiger partial charge in [-0.3, -0.25) is 4.18 Å². The standard InChI is InChI=1S/C30H35N3O4S2/c1-36-28-15-13-25(14-16-28)30(23-9-5-3-6-10-23,24-11-7-4-8-12-24)38-22-27-18-20-33-19-17-26(31-29(33)32-27)21-37-39(2,34)35/h3-16,26-27H,17-22H2,1-2H3,(H,31,32)/t26-,27-/m1/s1. The molecule has 2 heterocycles. The summed E-state index contributed by atoms with van der Waals surface area (Å²) in [6.07, 6.45) is 2.86. The molecule has 0 radical (unpaired) electrons. The largest absolute Gasteiger partial charge is 0.497 e. The maximum Gasteiger partial charge on any atom is 0.264 e. The van der Waals surface area contributed by atoms with E-state index in [1.165, 1.54) is 16.7 Å². The van der Waals surface area contributed by atoms with Crippen LogP contribution in [0, 0.1) is 0 Å². The molecule has 0 bridgehead atoms. The molecule has 7 nitrogen and oxygen atoms in total. The molecule has 0 aliphatic carbocycles. The van der Waals surface area contributed by atoms with Gasteiger partial charge in [0, 0.05) is 24.9 Å². The number of rotatable bonds is 10. The van der Waals surface area contributed by atoms with E-state index in [9.17, 15) is 8.42 Å². The predicted octanol–water partition coefficient (Wildman–Crippen LogP) is 4.49. The topological polar surface area (TPSA) is 80.2 Å².